The molecular formula is C5H12N2S. The van der Waals surface area contributed by atoms with E-state index in [1.165, 1.54) is 0 Å². The molecule has 0 aromatic rings. The zero-order valence-corrected chi connectivity index (χ0v) is 6.13. The second-order valence-electron chi connectivity index (χ2n) is 2.50. The summed E-state index contributed by atoms with van der Waals surface area (Å²) in [7, 11) is 0. The third-order valence-electron chi connectivity index (χ3n) is 1.28. The Morgan fingerprint density at radius 3 is 2.50 bits per heavy atom. The molecule has 0 bridgehead atoms. The van der Waals surface area contributed by atoms with Crippen LogP contribution in [0.2, 0.25) is 0 Å². The van der Waals surface area contributed by atoms with Gasteiger partial charge in [0.1, 0.15) is 4.99 Å². The molecule has 0 aliphatic carbocycles. The summed E-state index contributed by atoms with van der Waals surface area (Å²) in [6.07, 6.45) is 0. The van der Waals surface area contributed by atoms with E-state index in [4.69, 9.17) is 0 Å². The summed E-state index contributed by atoms with van der Waals surface area (Å²) >= 11 is 4.29. The van der Waals surface area contributed by atoms with E-state index in [0.29, 0.717) is 6.04 Å². The third kappa shape index (κ3) is 1.37. The highest BCUT2D eigenvalue weighted by Gasteiger charge is 2.26. The van der Waals surface area contributed by atoms with Crippen LogP contribution in [-0.4, -0.2) is 17.6 Å². The van der Waals surface area contributed by atoms with Crippen LogP contribution in [0.3, 0.4) is 0 Å². The molecule has 1 fully saturated rings. The van der Waals surface area contributed by atoms with Gasteiger partial charge in [0.05, 0.1) is 0 Å². The summed E-state index contributed by atoms with van der Waals surface area (Å²) in [5.41, 5.74) is 0. The summed E-state index contributed by atoms with van der Waals surface area (Å²) in [5.74, 6) is 0. The number of hydrogen-bond donors (Lipinski definition) is 3. The Hall–Kier alpha value is 0.270. The maximum atomic E-state index is 4.29. The van der Waals surface area contributed by atoms with Crippen LogP contribution in [0.25, 0.3) is 0 Å². The molecule has 1 aliphatic rings. The lowest BCUT2D eigenvalue weighted by Gasteiger charge is -2.16. The fourth-order valence-corrected chi connectivity index (χ4v) is 1.25. The highest BCUT2D eigenvalue weighted by Crippen LogP contribution is 2.10. The molecule has 0 spiro atoms. The van der Waals surface area contributed by atoms with Gasteiger partial charge < -0.3 is 0 Å². The molecule has 0 saturated carbocycles. The van der Waals surface area contributed by atoms with Crippen molar-refractivity contribution in [1.82, 2.24) is 10.6 Å². The first-order chi connectivity index (χ1) is 3.60. The lowest BCUT2D eigenvalue weighted by atomic mass is 10.4. The monoisotopic (exact) mass is 132 g/mol. The fraction of sp³-hybridized carbons (Fsp3) is 1.00. The van der Waals surface area contributed by atoms with Gasteiger partial charge in [-0.2, -0.15) is 0 Å². The van der Waals surface area contributed by atoms with Gasteiger partial charge in [0.2, 0.25) is 0 Å². The Kier molecular flexibility index (Phi) is 1.52. The maximum absolute atomic E-state index is 4.29. The minimum Gasteiger partial charge on any atom is -0.290 e. The first-order valence-corrected chi connectivity index (χ1v) is 3.30. The normalized spacial score (nSPS) is 47.6. The van der Waals surface area contributed by atoms with E-state index in [1.807, 2.05) is 6.92 Å². The van der Waals surface area contributed by atoms with Crippen molar-refractivity contribution in [2.24, 2.45) is 0 Å². The van der Waals surface area contributed by atoms with Gasteiger partial charge in [-0.1, -0.05) is 0 Å². The minimum atomic E-state index is -0.139. The summed E-state index contributed by atoms with van der Waals surface area (Å²) in [5, 5.41) is 6.44. The molecule has 2 atom stereocenters. The molecule has 0 amide bonds. The van der Waals surface area contributed by atoms with Crippen molar-refractivity contribution >= 4 is 12.6 Å². The van der Waals surface area contributed by atoms with E-state index in [9.17, 15) is 0 Å². The second-order valence-corrected chi connectivity index (χ2v) is 3.39. The Bertz CT molecular complexity index is 92.4. The molecule has 1 heterocycles. The molecule has 1 rings (SSSR count). The Morgan fingerprint density at radius 1 is 1.75 bits per heavy atom. The average molecular weight is 132 g/mol. The molecule has 2 unspecified atom stereocenters. The lowest BCUT2D eigenvalue weighted by Crippen LogP contribution is -2.40. The maximum Gasteiger partial charge on any atom is 0.111 e. The van der Waals surface area contributed by atoms with E-state index in [2.05, 4.69) is 30.2 Å². The molecule has 3 heteroatoms. The highest BCUT2D eigenvalue weighted by molar-refractivity contribution is 7.81. The Labute approximate surface area is 55.4 Å². The van der Waals surface area contributed by atoms with Gasteiger partial charge in [0, 0.05) is 12.6 Å². The number of rotatable bonds is 0. The highest BCUT2D eigenvalue weighted by atomic mass is 32.1. The number of thiol groups is 1. The van der Waals surface area contributed by atoms with Gasteiger partial charge in [0.25, 0.3) is 0 Å². The van der Waals surface area contributed by atoms with Crippen molar-refractivity contribution in [2.45, 2.75) is 24.9 Å². The van der Waals surface area contributed by atoms with Crippen LogP contribution in [0.4, 0.5) is 0 Å². The van der Waals surface area contributed by atoms with E-state index in [-0.39, 0.29) is 4.99 Å². The topological polar surface area (TPSA) is 24.1 Å². The number of hydrogen-bond acceptors (Lipinski definition) is 3. The summed E-state index contributed by atoms with van der Waals surface area (Å²) < 4.78 is 0. The zero-order valence-electron chi connectivity index (χ0n) is 5.23. The molecule has 2 N–H and O–H groups in total. The van der Waals surface area contributed by atoms with Crippen molar-refractivity contribution in [1.29, 1.82) is 0 Å². The standard InChI is InChI=1S/C5H12N2S/c1-4-3-6-5(2,8)7-4/h4,6-8H,3H2,1-2H3. The van der Waals surface area contributed by atoms with Gasteiger partial charge in [-0.25, -0.2) is 0 Å². The molecular weight excluding hydrogens is 120 g/mol. The van der Waals surface area contributed by atoms with Crippen LogP contribution in [0.15, 0.2) is 0 Å². The predicted molar refractivity (Wildman–Crippen MR) is 38.0 cm³/mol. The summed E-state index contributed by atoms with van der Waals surface area (Å²) in [6, 6.07) is 0.553. The Balaban J connectivity index is 2.44. The van der Waals surface area contributed by atoms with Crippen LogP contribution in [-0.2, 0) is 0 Å². The minimum absolute atomic E-state index is 0.139. The van der Waals surface area contributed by atoms with Gasteiger partial charge >= 0.3 is 0 Å². The first-order valence-electron chi connectivity index (χ1n) is 2.85. The van der Waals surface area contributed by atoms with Gasteiger partial charge in [-0.3, -0.25) is 10.6 Å². The van der Waals surface area contributed by atoms with Gasteiger partial charge in [0.15, 0.2) is 0 Å². The van der Waals surface area contributed by atoms with Crippen LogP contribution in [0, 0.1) is 0 Å². The van der Waals surface area contributed by atoms with Gasteiger partial charge in [-0.05, 0) is 13.8 Å². The van der Waals surface area contributed by atoms with E-state index in [0.717, 1.165) is 6.54 Å². The van der Waals surface area contributed by atoms with Crippen molar-refractivity contribution < 1.29 is 0 Å². The van der Waals surface area contributed by atoms with Crippen LogP contribution in [0.5, 0.6) is 0 Å². The molecule has 1 aliphatic heterocycles. The fourth-order valence-electron chi connectivity index (χ4n) is 0.934. The van der Waals surface area contributed by atoms with Crippen LogP contribution >= 0.6 is 12.6 Å². The Morgan fingerprint density at radius 2 is 2.38 bits per heavy atom. The molecule has 2 nitrogen and oxygen atoms in total. The largest absolute Gasteiger partial charge is 0.290 e. The smallest absolute Gasteiger partial charge is 0.111 e. The van der Waals surface area contributed by atoms with E-state index < -0.39 is 0 Å². The summed E-state index contributed by atoms with van der Waals surface area (Å²) in [6.45, 7) is 5.16. The lowest BCUT2D eigenvalue weighted by molar-refractivity contribution is 0.528. The zero-order chi connectivity index (χ0) is 6.20. The summed E-state index contributed by atoms with van der Waals surface area (Å²) in [4.78, 5) is -0.139. The molecule has 48 valence electrons. The quantitative estimate of drug-likeness (QED) is 0.409. The third-order valence-corrected chi connectivity index (χ3v) is 1.57. The molecule has 0 radical (unpaired) electrons. The van der Waals surface area contributed by atoms with E-state index in [1.54, 1.807) is 0 Å². The molecule has 0 aromatic carbocycles. The van der Waals surface area contributed by atoms with Crippen molar-refractivity contribution in [3.63, 3.8) is 0 Å². The SMILES string of the molecule is CC1CNC(C)(S)N1. The first kappa shape index (κ1) is 6.39. The number of nitrogens with one attached hydrogen (secondary N) is 2. The molecule has 8 heavy (non-hydrogen) atoms. The van der Waals surface area contributed by atoms with Crippen LogP contribution in [0.1, 0.15) is 13.8 Å². The average Bonchev–Trinajstić information content (AvgIpc) is 1.82. The second kappa shape index (κ2) is 1.90. The molecule has 0 aromatic heterocycles. The molecule has 1 saturated heterocycles. The predicted octanol–water partition coefficient (Wildman–Crippen LogP) is 0.171. The van der Waals surface area contributed by atoms with Crippen molar-refractivity contribution in [3.05, 3.63) is 0 Å². The van der Waals surface area contributed by atoms with Crippen molar-refractivity contribution in [2.75, 3.05) is 6.54 Å². The van der Waals surface area contributed by atoms with Crippen LogP contribution < -0.4 is 10.6 Å². The van der Waals surface area contributed by atoms with Crippen molar-refractivity contribution in [3.8, 4) is 0 Å². The van der Waals surface area contributed by atoms with E-state index >= 15 is 0 Å². The van der Waals surface area contributed by atoms with Gasteiger partial charge in [-0.15, -0.1) is 12.6 Å².